The molecule has 0 saturated heterocycles. The van der Waals surface area contributed by atoms with Crippen LogP contribution in [0.2, 0.25) is 13.1 Å². The zero-order valence-electron chi connectivity index (χ0n) is 17.5. The second kappa shape index (κ2) is 7.00. The fraction of sp³-hybridized carbons (Fsp3) is 0.214. The molecule has 144 valence electrons. The zero-order chi connectivity index (χ0) is 20.0. The highest BCUT2D eigenvalue weighted by molar-refractivity contribution is 6.81. The van der Waals surface area contributed by atoms with E-state index in [2.05, 4.69) is 111 Å². The van der Waals surface area contributed by atoms with Crippen molar-refractivity contribution in [2.24, 2.45) is 0 Å². The highest BCUT2D eigenvalue weighted by atomic mass is 28.3. The fourth-order valence-corrected chi connectivity index (χ4v) is 10.0. The maximum atomic E-state index is 2.62. The lowest BCUT2D eigenvalue weighted by atomic mass is 9.99. The minimum Gasteiger partial charge on any atom is -0.0755 e. The molecule has 0 aromatic heterocycles. The largest absolute Gasteiger partial charge is 0.0755 e. The quantitative estimate of drug-likeness (QED) is 0.406. The van der Waals surface area contributed by atoms with Crippen molar-refractivity contribution in [2.75, 3.05) is 0 Å². The van der Waals surface area contributed by atoms with Gasteiger partial charge in [-0.1, -0.05) is 110 Å². The van der Waals surface area contributed by atoms with Crippen LogP contribution >= 0.6 is 0 Å². The molecule has 1 heteroatoms. The molecular weight excluding hydrogens is 364 g/mol. The van der Waals surface area contributed by atoms with Gasteiger partial charge in [0.15, 0.2) is 0 Å². The molecule has 29 heavy (non-hydrogen) atoms. The van der Waals surface area contributed by atoms with Gasteiger partial charge in [0.05, 0.1) is 8.07 Å². The Morgan fingerprint density at radius 1 is 0.759 bits per heavy atom. The van der Waals surface area contributed by atoms with Crippen LogP contribution in [0.5, 0.6) is 0 Å². The van der Waals surface area contributed by atoms with E-state index in [1.165, 1.54) is 22.3 Å². The third kappa shape index (κ3) is 3.05. The van der Waals surface area contributed by atoms with Crippen molar-refractivity contribution in [2.45, 2.75) is 37.5 Å². The first-order chi connectivity index (χ1) is 14.1. The maximum absolute atomic E-state index is 2.62. The van der Waals surface area contributed by atoms with E-state index >= 15 is 0 Å². The van der Waals surface area contributed by atoms with Crippen LogP contribution in [0.4, 0.5) is 0 Å². The van der Waals surface area contributed by atoms with E-state index in [1.54, 1.807) is 16.7 Å². The minimum absolute atomic E-state index is 0.553. The first-order valence-corrected chi connectivity index (χ1v) is 13.8. The fourth-order valence-electron chi connectivity index (χ4n) is 5.67. The van der Waals surface area contributed by atoms with Crippen molar-refractivity contribution >= 4 is 19.7 Å². The van der Waals surface area contributed by atoms with Crippen molar-refractivity contribution in [3.05, 3.63) is 118 Å². The van der Waals surface area contributed by atoms with Gasteiger partial charge >= 0.3 is 0 Å². The molecule has 0 amide bonds. The Labute approximate surface area is 175 Å². The van der Waals surface area contributed by atoms with E-state index in [9.17, 15) is 0 Å². The Morgan fingerprint density at radius 3 is 2.21 bits per heavy atom. The van der Waals surface area contributed by atoms with Crippen LogP contribution in [0.25, 0.3) is 11.6 Å². The van der Waals surface area contributed by atoms with Crippen molar-refractivity contribution in [1.29, 1.82) is 0 Å². The molecule has 2 aliphatic carbocycles. The topological polar surface area (TPSA) is 0 Å². The van der Waals surface area contributed by atoms with Crippen LogP contribution in [0.3, 0.4) is 0 Å². The highest BCUT2D eigenvalue weighted by Crippen LogP contribution is 2.51. The van der Waals surface area contributed by atoms with Crippen molar-refractivity contribution in [1.82, 2.24) is 0 Å². The molecule has 2 aliphatic rings. The zero-order valence-corrected chi connectivity index (χ0v) is 18.5. The monoisotopic (exact) mass is 392 g/mol. The van der Waals surface area contributed by atoms with Gasteiger partial charge in [-0.2, -0.15) is 0 Å². The van der Waals surface area contributed by atoms with Gasteiger partial charge < -0.3 is 0 Å². The molecule has 5 rings (SSSR count). The smallest absolute Gasteiger partial charge is 0.0718 e. The Bertz CT molecular complexity index is 1120. The van der Waals surface area contributed by atoms with E-state index < -0.39 is 8.07 Å². The number of allylic oxidation sites excluding steroid dienone is 3. The van der Waals surface area contributed by atoms with Gasteiger partial charge in [-0.15, -0.1) is 0 Å². The second-order valence-electron chi connectivity index (χ2n) is 9.19. The van der Waals surface area contributed by atoms with Gasteiger partial charge in [-0.3, -0.25) is 0 Å². The van der Waals surface area contributed by atoms with Gasteiger partial charge in [0, 0.05) is 5.54 Å². The summed E-state index contributed by atoms with van der Waals surface area (Å²) in [7, 11) is -1.71. The molecule has 0 unspecified atom stereocenters. The normalized spacial score (nSPS) is 20.1. The summed E-state index contributed by atoms with van der Waals surface area (Å²) in [6.45, 7) is 7.54. The second-order valence-corrected chi connectivity index (χ2v) is 14.0. The van der Waals surface area contributed by atoms with Crippen LogP contribution in [0.15, 0.2) is 90.5 Å². The molecule has 0 N–H and O–H groups in total. The molecule has 0 fully saturated rings. The first-order valence-electron chi connectivity index (χ1n) is 10.7. The van der Waals surface area contributed by atoms with Crippen molar-refractivity contribution in [3.8, 4) is 0 Å². The van der Waals surface area contributed by atoms with Crippen LogP contribution in [0, 0.1) is 0 Å². The summed E-state index contributed by atoms with van der Waals surface area (Å²) in [5.74, 6) is 0. The molecular formula is C28H28Si. The highest BCUT2D eigenvalue weighted by Gasteiger charge is 2.45. The Kier molecular flexibility index (Phi) is 4.44. The predicted molar refractivity (Wildman–Crippen MR) is 128 cm³/mol. The lowest BCUT2D eigenvalue weighted by Crippen LogP contribution is -2.41. The third-order valence-electron chi connectivity index (χ3n) is 6.94. The van der Waals surface area contributed by atoms with Crippen LogP contribution in [-0.4, -0.2) is 8.07 Å². The van der Waals surface area contributed by atoms with Gasteiger partial charge in [0.25, 0.3) is 0 Å². The van der Waals surface area contributed by atoms with Gasteiger partial charge in [0.1, 0.15) is 0 Å². The summed E-state index contributed by atoms with van der Waals surface area (Å²) in [6.07, 6.45) is 6.07. The number of benzene rings is 3. The van der Waals surface area contributed by atoms with E-state index in [1.807, 2.05) is 0 Å². The van der Waals surface area contributed by atoms with Crippen LogP contribution in [0.1, 0.15) is 45.8 Å². The van der Waals surface area contributed by atoms with Crippen molar-refractivity contribution < 1.29 is 0 Å². The molecule has 2 atom stereocenters. The number of hydrogen-bond donors (Lipinski definition) is 0. The minimum atomic E-state index is -1.71. The predicted octanol–water partition coefficient (Wildman–Crippen LogP) is 7.40. The molecule has 0 heterocycles. The average Bonchev–Trinajstić information content (AvgIpc) is 3.27. The Morgan fingerprint density at radius 2 is 1.41 bits per heavy atom. The lowest BCUT2D eigenvalue weighted by Gasteiger charge is -2.37. The van der Waals surface area contributed by atoms with E-state index in [0.29, 0.717) is 11.1 Å². The third-order valence-corrected chi connectivity index (χ3v) is 11.3. The van der Waals surface area contributed by atoms with Gasteiger partial charge in [-0.25, -0.2) is 0 Å². The Hall–Kier alpha value is -2.64. The van der Waals surface area contributed by atoms with E-state index in [0.717, 1.165) is 6.42 Å². The first kappa shape index (κ1) is 18.4. The van der Waals surface area contributed by atoms with Crippen LogP contribution < -0.4 is 0 Å². The van der Waals surface area contributed by atoms with E-state index in [4.69, 9.17) is 0 Å². The lowest BCUT2D eigenvalue weighted by molar-refractivity contribution is 1.000. The summed E-state index contributed by atoms with van der Waals surface area (Å²) in [6, 6.07) is 29.1. The molecule has 0 radical (unpaired) electrons. The van der Waals surface area contributed by atoms with E-state index in [-0.39, 0.29) is 0 Å². The maximum Gasteiger partial charge on any atom is 0.0718 e. The SMILES string of the molecule is CC1=Cc2ccccc2[C@@H]1[Si](C)(C)[C@@H]1C=C(Cc2ccccc2)c2ccccc21. The Balaban J connectivity index is 1.57. The summed E-state index contributed by atoms with van der Waals surface area (Å²) >= 11 is 0. The number of hydrogen-bond acceptors (Lipinski definition) is 0. The summed E-state index contributed by atoms with van der Waals surface area (Å²) < 4.78 is 0. The van der Waals surface area contributed by atoms with Crippen LogP contribution in [-0.2, 0) is 6.42 Å². The summed E-state index contributed by atoms with van der Waals surface area (Å²) in [5, 5.41) is 0. The van der Waals surface area contributed by atoms with Gasteiger partial charge in [-0.05, 0) is 52.3 Å². The van der Waals surface area contributed by atoms with Crippen molar-refractivity contribution in [3.63, 3.8) is 0 Å². The molecule has 3 aromatic carbocycles. The number of fused-ring (bicyclic) bond motifs is 2. The van der Waals surface area contributed by atoms with Gasteiger partial charge in [0.2, 0.25) is 0 Å². The standard InChI is InChI=1S/C28H28Si/c1-20-17-22-13-7-8-15-25(22)28(20)29(2,3)27-19-23(18-21-11-5-4-6-12-21)24-14-9-10-16-26(24)27/h4-17,19,27-28H,18H2,1-3H3/t27-,28-/m1/s1. The summed E-state index contributed by atoms with van der Waals surface area (Å²) in [4.78, 5) is 0. The molecule has 3 aromatic rings. The molecule has 0 nitrogen and oxygen atoms in total. The molecule has 0 bridgehead atoms. The average molecular weight is 393 g/mol. The molecule has 0 saturated carbocycles. The molecule has 0 aliphatic heterocycles. The summed E-state index contributed by atoms with van der Waals surface area (Å²) in [5.41, 5.74) is 11.6. The molecule has 0 spiro atoms. The number of rotatable bonds is 4.